The molecule has 0 unspecified atom stereocenters. The first kappa shape index (κ1) is 13.9. The van der Waals surface area contributed by atoms with Gasteiger partial charge in [-0.1, -0.05) is 23.7 Å². The van der Waals surface area contributed by atoms with Crippen LogP contribution in [0.2, 0.25) is 5.02 Å². The van der Waals surface area contributed by atoms with Gasteiger partial charge in [0.05, 0.1) is 6.21 Å². The van der Waals surface area contributed by atoms with Gasteiger partial charge in [-0.15, -0.1) is 0 Å². The molecule has 100 valence electrons. The highest BCUT2D eigenvalue weighted by Crippen LogP contribution is 2.08. The Morgan fingerprint density at radius 1 is 1.42 bits per heavy atom. The van der Waals surface area contributed by atoms with Crippen LogP contribution < -0.4 is 0 Å². The number of aliphatic hydroxyl groups excluding tert-OH is 1. The van der Waals surface area contributed by atoms with Crippen molar-refractivity contribution in [2.24, 2.45) is 5.10 Å². The molecule has 2 rings (SSSR count). The molecule has 1 aromatic carbocycles. The zero-order valence-corrected chi connectivity index (χ0v) is 11.7. The first-order valence-electron chi connectivity index (χ1n) is 5.78. The van der Waals surface area contributed by atoms with E-state index in [1.54, 1.807) is 23.0 Å². The van der Waals surface area contributed by atoms with Gasteiger partial charge in [-0.25, -0.2) is 0 Å². The van der Waals surface area contributed by atoms with Crippen LogP contribution in [0.5, 0.6) is 0 Å². The second-order valence-corrected chi connectivity index (χ2v) is 4.70. The van der Waals surface area contributed by atoms with Gasteiger partial charge in [-0.3, -0.25) is 5.10 Å². The molecule has 0 aliphatic heterocycles. The van der Waals surface area contributed by atoms with Crippen LogP contribution in [0.1, 0.15) is 17.8 Å². The van der Waals surface area contributed by atoms with Crippen LogP contribution >= 0.6 is 23.8 Å². The van der Waals surface area contributed by atoms with Crippen molar-refractivity contribution in [3.05, 3.63) is 45.4 Å². The standard InChI is InChI=1S/C12H13ClN4OS/c13-10-5-3-9(4-6-10)8-14-17-11(2-1-7-18)15-16-12(17)19/h3-6,8,18H,1-2,7H2,(H,16,19)/b14-8+. The second kappa shape index (κ2) is 6.60. The molecule has 7 heteroatoms. The minimum Gasteiger partial charge on any atom is -0.396 e. The molecule has 0 bridgehead atoms. The molecule has 0 saturated heterocycles. The number of halogens is 1. The number of aliphatic hydroxyl groups is 1. The average Bonchev–Trinajstić information content (AvgIpc) is 2.76. The zero-order chi connectivity index (χ0) is 13.7. The van der Waals surface area contributed by atoms with Gasteiger partial charge in [-0.05, 0) is 36.3 Å². The highest BCUT2D eigenvalue weighted by molar-refractivity contribution is 7.71. The molecule has 2 aromatic rings. The minimum atomic E-state index is 0.112. The number of aryl methyl sites for hydroxylation is 1. The van der Waals surface area contributed by atoms with Gasteiger partial charge in [0, 0.05) is 18.1 Å². The number of benzene rings is 1. The summed E-state index contributed by atoms with van der Waals surface area (Å²) in [6, 6.07) is 7.32. The topological polar surface area (TPSA) is 66.2 Å². The van der Waals surface area contributed by atoms with Crippen LogP contribution in [0.3, 0.4) is 0 Å². The van der Waals surface area contributed by atoms with E-state index in [-0.39, 0.29) is 6.61 Å². The average molecular weight is 297 g/mol. The summed E-state index contributed by atoms with van der Waals surface area (Å²) in [5, 5.41) is 20.6. The number of nitrogens with zero attached hydrogens (tertiary/aromatic N) is 3. The van der Waals surface area contributed by atoms with Gasteiger partial charge in [0.25, 0.3) is 0 Å². The van der Waals surface area contributed by atoms with Gasteiger partial charge >= 0.3 is 0 Å². The maximum Gasteiger partial charge on any atom is 0.216 e. The number of aromatic nitrogens is 3. The summed E-state index contributed by atoms with van der Waals surface area (Å²) in [7, 11) is 0. The Morgan fingerprint density at radius 3 is 2.84 bits per heavy atom. The second-order valence-electron chi connectivity index (χ2n) is 3.88. The van der Waals surface area contributed by atoms with Crippen molar-refractivity contribution in [3.63, 3.8) is 0 Å². The maximum absolute atomic E-state index is 8.83. The van der Waals surface area contributed by atoms with Crippen LogP contribution in [0, 0.1) is 4.77 Å². The third-order valence-corrected chi connectivity index (χ3v) is 2.98. The van der Waals surface area contributed by atoms with Crippen molar-refractivity contribution in [1.82, 2.24) is 14.9 Å². The maximum atomic E-state index is 8.83. The lowest BCUT2D eigenvalue weighted by atomic mass is 10.2. The highest BCUT2D eigenvalue weighted by Gasteiger charge is 2.03. The molecule has 5 nitrogen and oxygen atoms in total. The minimum absolute atomic E-state index is 0.112. The number of H-pyrrole nitrogens is 1. The van der Waals surface area contributed by atoms with E-state index in [0.29, 0.717) is 28.5 Å². The third-order valence-electron chi connectivity index (χ3n) is 2.47. The fourth-order valence-electron chi connectivity index (χ4n) is 1.52. The predicted octanol–water partition coefficient (Wildman–Crippen LogP) is 2.40. The number of aromatic amines is 1. The Morgan fingerprint density at radius 2 is 2.16 bits per heavy atom. The number of nitrogens with one attached hydrogen (secondary N) is 1. The van der Waals surface area contributed by atoms with Crippen LogP contribution in [-0.4, -0.2) is 32.8 Å². The summed E-state index contributed by atoms with van der Waals surface area (Å²) >= 11 is 10.9. The SMILES string of the molecule is OCCCc1n[nH]c(=S)n1/N=C/c1ccc(Cl)cc1. The molecule has 0 atom stereocenters. The van der Waals surface area contributed by atoms with E-state index in [0.717, 1.165) is 5.56 Å². The van der Waals surface area contributed by atoms with E-state index in [1.807, 2.05) is 12.1 Å². The van der Waals surface area contributed by atoms with E-state index in [2.05, 4.69) is 15.3 Å². The van der Waals surface area contributed by atoms with E-state index in [4.69, 9.17) is 28.9 Å². The third kappa shape index (κ3) is 3.73. The molecular formula is C12H13ClN4OS. The van der Waals surface area contributed by atoms with Crippen LogP contribution in [0.4, 0.5) is 0 Å². The molecule has 1 aromatic heterocycles. The molecule has 19 heavy (non-hydrogen) atoms. The summed E-state index contributed by atoms with van der Waals surface area (Å²) in [4.78, 5) is 0. The lowest BCUT2D eigenvalue weighted by Gasteiger charge is -1.99. The fraction of sp³-hybridized carbons (Fsp3) is 0.250. The lowest BCUT2D eigenvalue weighted by Crippen LogP contribution is -2.00. The fourth-order valence-corrected chi connectivity index (χ4v) is 1.84. The summed E-state index contributed by atoms with van der Waals surface area (Å²) in [6.07, 6.45) is 2.92. The number of hydrogen-bond donors (Lipinski definition) is 2. The highest BCUT2D eigenvalue weighted by atomic mass is 35.5. The Balaban J connectivity index is 2.20. The summed E-state index contributed by atoms with van der Waals surface area (Å²) < 4.78 is 1.98. The molecule has 0 aliphatic rings. The van der Waals surface area contributed by atoms with Crippen LogP contribution in [-0.2, 0) is 6.42 Å². The van der Waals surface area contributed by atoms with Crippen LogP contribution in [0.25, 0.3) is 0 Å². The van der Waals surface area contributed by atoms with Crippen molar-refractivity contribution in [3.8, 4) is 0 Å². The van der Waals surface area contributed by atoms with E-state index in [1.165, 1.54) is 0 Å². The van der Waals surface area contributed by atoms with Gasteiger partial charge in [-0.2, -0.15) is 14.9 Å². The van der Waals surface area contributed by atoms with Crippen LogP contribution in [0.15, 0.2) is 29.4 Å². The number of hydrogen-bond acceptors (Lipinski definition) is 4. The van der Waals surface area contributed by atoms with E-state index in [9.17, 15) is 0 Å². The van der Waals surface area contributed by atoms with Gasteiger partial charge in [0.2, 0.25) is 4.77 Å². The van der Waals surface area contributed by atoms with Gasteiger partial charge < -0.3 is 5.11 Å². The van der Waals surface area contributed by atoms with Gasteiger partial charge in [0.1, 0.15) is 0 Å². The first-order valence-corrected chi connectivity index (χ1v) is 6.56. The normalized spacial score (nSPS) is 11.3. The summed E-state index contributed by atoms with van der Waals surface area (Å²) in [5.74, 6) is 0.698. The van der Waals surface area contributed by atoms with Crippen molar-refractivity contribution in [1.29, 1.82) is 0 Å². The van der Waals surface area contributed by atoms with Gasteiger partial charge in [0.15, 0.2) is 5.82 Å². The summed E-state index contributed by atoms with van der Waals surface area (Å²) in [6.45, 7) is 0.112. The van der Waals surface area contributed by atoms with Crippen molar-refractivity contribution < 1.29 is 5.11 Å². The molecular weight excluding hydrogens is 284 g/mol. The molecule has 0 radical (unpaired) electrons. The number of rotatable bonds is 5. The Bertz CT molecular complexity index is 617. The monoisotopic (exact) mass is 296 g/mol. The van der Waals surface area contributed by atoms with Crippen molar-refractivity contribution in [2.45, 2.75) is 12.8 Å². The lowest BCUT2D eigenvalue weighted by molar-refractivity contribution is 0.287. The molecule has 0 fully saturated rings. The summed E-state index contributed by atoms with van der Waals surface area (Å²) in [5.41, 5.74) is 0.917. The first-order chi connectivity index (χ1) is 9.20. The Labute approximate surface area is 120 Å². The Hall–Kier alpha value is -1.50. The van der Waals surface area contributed by atoms with E-state index < -0.39 is 0 Å². The zero-order valence-electron chi connectivity index (χ0n) is 10.1. The molecule has 0 amide bonds. The largest absolute Gasteiger partial charge is 0.396 e. The Kier molecular flexibility index (Phi) is 4.84. The molecule has 0 aliphatic carbocycles. The molecule has 1 heterocycles. The molecule has 0 spiro atoms. The molecule has 2 N–H and O–H groups in total. The predicted molar refractivity (Wildman–Crippen MR) is 77.3 cm³/mol. The van der Waals surface area contributed by atoms with E-state index >= 15 is 0 Å². The van der Waals surface area contributed by atoms with Crippen molar-refractivity contribution >= 4 is 30.0 Å². The van der Waals surface area contributed by atoms with Crippen molar-refractivity contribution in [2.75, 3.05) is 6.61 Å². The quantitative estimate of drug-likeness (QED) is 0.658. The molecule has 0 saturated carbocycles. The smallest absolute Gasteiger partial charge is 0.216 e.